The largest absolute Gasteiger partial charge is 0.332 e. The lowest BCUT2D eigenvalue weighted by atomic mass is 10.3. The molecule has 0 unspecified atom stereocenters. The van der Waals surface area contributed by atoms with Gasteiger partial charge in [-0.3, -0.25) is 13.9 Å². The van der Waals surface area contributed by atoms with Crippen molar-refractivity contribution in [2.45, 2.75) is 0 Å². The van der Waals surface area contributed by atoms with Gasteiger partial charge in [-0.25, -0.2) is 14.8 Å². The number of fused-ring (bicyclic) bond motifs is 1. The van der Waals surface area contributed by atoms with Gasteiger partial charge in [-0.05, 0) is 11.8 Å². The molecule has 0 saturated heterocycles. The number of hydrogen-bond acceptors (Lipinski definition) is 4. The van der Waals surface area contributed by atoms with Crippen molar-refractivity contribution in [1.29, 1.82) is 0 Å². The molecule has 2 rings (SSSR count). The summed E-state index contributed by atoms with van der Waals surface area (Å²) in [6.07, 6.45) is 10.5. The van der Waals surface area contributed by atoms with Crippen LogP contribution in [0.25, 0.3) is 11.2 Å². The van der Waals surface area contributed by atoms with Crippen molar-refractivity contribution in [1.82, 2.24) is 19.1 Å². The molecule has 88 valence electrons. The molecular weight excluding hydrogens is 232 g/mol. The summed E-state index contributed by atoms with van der Waals surface area (Å²) < 4.78 is 2.14. The molecule has 0 aliphatic heterocycles. The van der Waals surface area contributed by atoms with Crippen molar-refractivity contribution in [3.8, 4) is 24.7 Å². The molecule has 0 amide bonds. The van der Waals surface area contributed by atoms with Crippen molar-refractivity contribution in [3.05, 3.63) is 32.2 Å². The number of aryl methyl sites for hydroxylation is 1. The lowest BCUT2D eigenvalue weighted by Crippen LogP contribution is -2.38. The fraction of sp³-hybridized carbons (Fsp3) is 0.167. The van der Waals surface area contributed by atoms with Crippen LogP contribution in [0.4, 0.5) is 0 Å². The average Bonchev–Trinajstić information content (AvgIpc) is 2.41. The van der Waals surface area contributed by atoms with Crippen LogP contribution in [0, 0.1) is 24.7 Å². The maximum absolute atomic E-state index is 11.9. The van der Waals surface area contributed by atoms with Gasteiger partial charge in [0.25, 0.3) is 5.56 Å². The first kappa shape index (κ1) is 11.6. The van der Waals surface area contributed by atoms with E-state index in [0.29, 0.717) is 0 Å². The highest BCUT2D eigenvalue weighted by Gasteiger charge is 2.13. The summed E-state index contributed by atoms with van der Waals surface area (Å²) in [5.41, 5.74) is -0.672. The summed E-state index contributed by atoms with van der Waals surface area (Å²) in [7, 11) is 2.84. The van der Waals surface area contributed by atoms with E-state index in [2.05, 4.69) is 21.8 Å². The van der Waals surface area contributed by atoms with E-state index in [1.54, 1.807) is 0 Å². The van der Waals surface area contributed by atoms with Crippen LogP contribution in [0.5, 0.6) is 0 Å². The third kappa shape index (κ3) is 1.40. The van der Waals surface area contributed by atoms with E-state index < -0.39 is 11.2 Å². The van der Waals surface area contributed by atoms with Gasteiger partial charge in [0.15, 0.2) is 11.2 Å². The number of terminal acetylenes is 2. The molecule has 2 aromatic heterocycles. The summed E-state index contributed by atoms with van der Waals surface area (Å²) in [6.45, 7) is 0. The van der Waals surface area contributed by atoms with Crippen molar-refractivity contribution in [3.63, 3.8) is 0 Å². The van der Waals surface area contributed by atoms with Crippen LogP contribution in [-0.2, 0) is 14.1 Å². The highest BCUT2D eigenvalue weighted by Crippen LogP contribution is 2.06. The molecule has 0 fully saturated rings. The molecule has 0 aromatic carbocycles. The quantitative estimate of drug-likeness (QED) is 0.553. The summed E-state index contributed by atoms with van der Waals surface area (Å²) in [6, 6.07) is 0. The van der Waals surface area contributed by atoms with Gasteiger partial charge in [-0.15, -0.1) is 12.8 Å². The molecule has 0 N–H and O–H groups in total. The molecule has 0 bridgehead atoms. The number of hydrogen-bond donors (Lipinski definition) is 0. The Morgan fingerprint density at radius 2 is 1.56 bits per heavy atom. The molecule has 2 heterocycles. The normalized spacial score (nSPS) is 10.0. The van der Waals surface area contributed by atoms with Gasteiger partial charge < -0.3 is 0 Å². The van der Waals surface area contributed by atoms with Crippen LogP contribution >= 0.6 is 0 Å². The second-order valence-corrected chi connectivity index (χ2v) is 3.59. The van der Waals surface area contributed by atoms with E-state index in [0.717, 1.165) is 4.57 Å². The number of aromatic nitrogens is 4. The Labute approximate surface area is 102 Å². The molecule has 0 spiro atoms. The summed E-state index contributed by atoms with van der Waals surface area (Å²) >= 11 is 0. The number of nitrogens with zero attached hydrogens (tertiary/aromatic N) is 4. The van der Waals surface area contributed by atoms with E-state index in [1.165, 1.54) is 18.7 Å². The van der Waals surface area contributed by atoms with Gasteiger partial charge >= 0.3 is 5.69 Å². The standard InChI is InChI=1S/C12H8N4O2/c1-5-7-8(6-2)14-10-9(13-7)11(17)16(4)12(18)15(10)3/h1-2H,3-4H3. The zero-order valence-corrected chi connectivity index (χ0v) is 9.76. The third-order valence-corrected chi connectivity index (χ3v) is 2.55. The lowest BCUT2D eigenvalue weighted by Gasteiger charge is -2.06. The zero-order valence-electron chi connectivity index (χ0n) is 9.76. The van der Waals surface area contributed by atoms with Crippen LogP contribution < -0.4 is 11.2 Å². The highest BCUT2D eigenvalue weighted by molar-refractivity contribution is 5.70. The maximum Gasteiger partial charge on any atom is 0.332 e. The van der Waals surface area contributed by atoms with Crippen LogP contribution in [0.15, 0.2) is 9.59 Å². The first-order valence-corrected chi connectivity index (χ1v) is 4.92. The predicted octanol–water partition coefficient (Wildman–Crippen LogP) is -1.01. The predicted molar refractivity (Wildman–Crippen MR) is 65.9 cm³/mol. The Balaban J connectivity index is 3.16. The summed E-state index contributed by atoms with van der Waals surface area (Å²) in [5, 5.41) is 0. The van der Waals surface area contributed by atoms with E-state index in [9.17, 15) is 9.59 Å². The Morgan fingerprint density at radius 3 is 2.11 bits per heavy atom. The molecular formula is C12H8N4O2. The van der Waals surface area contributed by atoms with E-state index in [-0.39, 0.29) is 22.6 Å². The molecule has 2 aromatic rings. The third-order valence-electron chi connectivity index (χ3n) is 2.55. The number of rotatable bonds is 0. The molecule has 0 radical (unpaired) electrons. The second kappa shape index (κ2) is 3.86. The second-order valence-electron chi connectivity index (χ2n) is 3.59. The molecule has 18 heavy (non-hydrogen) atoms. The van der Waals surface area contributed by atoms with Gasteiger partial charge in [-0.2, -0.15) is 0 Å². The summed E-state index contributed by atoms with van der Waals surface area (Å²) in [4.78, 5) is 31.6. The molecule has 0 aliphatic rings. The monoisotopic (exact) mass is 240 g/mol. The van der Waals surface area contributed by atoms with E-state index in [1.807, 2.05) is 0 Å². The van der Waals surface area contributed by atoms with Crippen LogP contribution in [0.2, 0.25) is 0 Å². The maximum atomic E-state index is 11.9. The van der Waals surface area contributed by atoms with Crippen molar-refractivity contribution >= 4 is 11.2 Å². The topological polar surface area (TPSA) is 69.8 Å². The van der Waals surface area contributed by atoms with Gasteiger partial charge in [0.1, 0.15) is 11.4 Å². The summed E-state index contributed by atoms with van der Waals surface area (Å²) in [5.74, 6) is 4.55. The van der Waals surface area contributed by atoms with Crippen molar-refractivity contribution in [2.75, 3.05) is 0 Å². The van der Waals surface area contributed by atoms with Crippen molar-refractivity contribution < 1.29 is 0 Å². The SMILES string of the molecule is C#Cc1nc2c(=O)n(C)c(=O)n(C)c2nc1C#C. The minimum Gasteiger partial charge on any atom is -0.279 e. The Morgan fingerprint density at radius 1 is 1.00 bits per heavy atom. The molecule has 0 saturated carbocycles. The Hall–Kier alpha value is -2.86. The van der Waals surface area contributed by atoms with E-state index >= 15 is 0 Å². The van der Waals surface area contributed by atoms with Crippen LogP contribution in [-0.4, -0.2) is 19.1 Å². The van der Waals surface area contributed by atoms with Gasteiger partial charge in [0.2, 0.25) is 0 Å². The fourth-order valence-electron chi connectivity index (χ4n) is 1.57. The minimum atomic E-state index is -0.555. The lowest BCUT2D eigenvalue weighted by molar-refractivity contribution is 0.703. The van der Waals surface area contributed by atoms with Gasteiger partial charge in [-0.1, -0.05) is 0 Å². The first-order chi connectivity index (χ1) is 8.51. The van der Waals surface area contributed by atoms with Crippen molar-refractivity contribution in [2.24, 2.45) is 14.1 Å². The smallest absolute Gasteiger partial charge is 0.279 e. The zero-order chi connectivity index (χ0) is 13.4. The van der Waals surface area contributed by atoms with Gasteiger partial charge in [0.05, 0.1) is 0 Å². The highest BCUT2D eigenvalue weighted by atomic mass is 16.2. The molecule has 0 atom stereocenters. The van der Waals surface area contributed by atoms with E-state index in [4.69, 9.17) is 12.8 Å². The molecule has 0 aliphatic carbocycles. The molecule has 6 nitrogen and oxygen atoms in total. The Kier molecular flexibility index (Phi) is 2.49. The van der Waals surface area contributed by atoms with Crippen LogP contribution in [0.1, 0.15) is 11.4 Å². The first-order valence-electron chi connectivity index (χ1n) is 4.92. The average molecular weight is 240 g/mol. The van der Waals surface area contributed by atoms with Gasteiger partial charge in [0, 0.05) is 14.1 Å². The fourth-order valence-corrected chi connectivity index (χ4v) is 1.57. The van der Waals surface area contributed by atoms with Crippen LogP contribution in [0.3, 0.4) is 0 Å². The minimum absolute atomic E-state index is 0.0200. The molecule has 6 heteroatoms. The Bertz CT molecular complexity index is 859.